The zero-order valence-corrected chi connectivity index (χ0v) is 11.8. The lowest BCUT2D eigenvalue weighted by molar-refractivity contribution is -0.389. The summed E-state index contributed by atoms with van der Waals surface area (Å²) >= 11 is 0. The molecule has 0 saturated carbocycles. The third-order valence-corrected chi connectivity index (χ3v) is 4.49. The highest BCUT2D eigenvalue weighted by atomic mass is 32.2. The van der Waals surface area contributed by atoms with E-state index in [2.05, 4.69) is 9.71 Å². The zero-order valence-electron chi connectivity index (χ0n) is 11.0. The minimum absolute atomic E-state index is 0.218. The summed E-state index contributed by atoms with van der Waals surface area (Å²) in [4.78, 5) is 13.0. The molecule has 108 valence electrons. The minimum Gasteiger partial charge on any atom is -0.358 e. The molecule has 0 unspecified atom stereocenters. The molecule has 0 radical (unpaired) electrons. The number of rotatable bonds is 6. The molecule has 8 nitrogen and oxygen atoms in total. The Hall–Kier alpha value is -2.05. The van der Waals surface area contributed by atoms with Crippen LogP contribution in [-0.4, -0.2) is 23.9 Å². The molecule has 0 atom stereocenters. The van der Waals surface area contributed by atoms with Crippen LogP contribution in [-0.2, 0) is 10.0 Å². The number of hydrogen-bond acceptors (Lipinski definition) is 6. The van der Waals surface area contributed by atoms with Crippen LogP contribution in [0.2, 0.25) is 0 Å². The smallest absolute Gasteiger partial charge is 0.358 e. The molecular formula is C11H14N4O4S. The van der Waals surface area contributed by atoms with Gasteiger partial charge < -0.3 is 10.1 Å². The minimum atomic E-state index is -3.95. The Morgan fingerprint density at radius 2 is 2.05 bits per heavy atom. The lowest BCUT2D eigenvalue weighted by Gasteiger charge is -2.24. The van der Waals surface area contributed by atoms with E-state index in [1.54, 1.807) is 13.8 Å². The van der Waals surface area contributed by atoms with Crippen molar-refractivity contribution >= 4 is 15.8 Å². The number of hydrogen-bond donors (Lipinski definition) is 1. The van der Waals surface area contributed by atoms with Gasteiger partial charge in [-0.25, -0.2) is 8.42 Å². The molecule has 1 heterocycles. The van der Waals surface area contributed by atoms with Crippen molar-refractivity contribution in [2.75, 3.05) is 0 Å². The van der Waals surface area contributed by atoms with Crippen molar-refractivity contribution in [1.82, 2.24) is 9.71 Å². The first-order valence-corrected chi connectivity index (χ1v) is 7.34. The molecule has 0 aliphatic rings. The highest BCUT2D eigenvalue weighted by Gasteiger charge is 2.32. The highest BCUT2D eigenvalue weighted by Crippen LogP contribution is 2.19. The summed E-state index contributed by atoms with van der Waals surface area (Å²) in [7, 11) is -3.95. The summed E-state index contributed by atoms with van der Waals surface area (Å²) in [5.74, 6) is -0.443. The van der Waals surface area contributed by atoms with Crippen molar-refractivity contribution in [1.29, 1.82) is 5.26 Å². The largest absolute Gasteiger partial charge is 0.363 e. The lowest BCUT2D eigenvalue weighted by atomic mass is 9.97. The Labute approximate surface area is 116 Å². The van der Waals surface area contributed by atoms with Crippen molar-refractivity contribution in [2.45, 2.75) is 37.1 Å². The molecule has 20 heavy (non-hydrogen) atoms. The predicted octanol–water partition coefficient (Wildman–Crippen LogP) is 1.35. The van der Waals surface area contributed by atoms with Crippen molar-refractivity contribution in [3.05, 3.63) is 28.4 Å². The second kappa shape index (κ2) is 5.94. The summed E-state index contributed by atoms with van der Waals surface area (Å²) in [6, 6.07) is 4.04. The quantitative estimate of drug-likeness (QED) is 0.624. The predicted molar refractivity (Wildman–Crippen MR) is 70.1 cm³/mol. The molecule has 0 fully saturated rings. The fourth-order valence-corrected chi connectivity index (χ4v) is 2.94. The topological polar surface area (TPSA) is 126 Å². The van der Waals surface area contributed by atoms with E-state index >= 15 is 0 Å². The van der Waals surface area contributed by atoms with Crippen LogP contribution in [0.4, 0.5) is 5.82 Å². The van der Waals surface area contributed by atoms with Gasteiger partial charge in [-0.15, -0.1) is 0 Å². The van der Waals surface area contributed by atoms with E-state index in [-0.39, 0.29) is 4.90 Å². The SMILES string of the molecule is CCC(C#N)(CC)NS(=O)(=O)c1ccc([N+](=O)[O-])nc1. The number of nitro groups is 1. The first-order chi connectivity index (χ1) is 9.30. The third kappa shape index (κ3) is 3.28. The molecule has 0 aromatic carbocycles. The molecular weight excluding hydrogens is 284 g/mol. The van der Waals surface area contributed by atoms with Gasteiger partial charge in [0.05, 0.1) is 6.07 Å². The Balaban J connectivity index is 3.11. The van der Waals surface area contributed by atoms with Crippen LogP contribution >= 0.6 is 0 Å². The molecule has 1 aromatic heterocycles. The number of nitrogens with one attached hydrogen (secondary N) is 1. The van der Waals surface area contributed by atoms with Crippen LogP contribution in [0, 0.1) is 21.4 Å². The normalized spacial score (nSPS) is 11.8. The fraction of sp³-hybridized carbons (Fsp3) is 0.455. The van der Waals surface area contributed by atoms with Crippen LogP contribution in [0.25, 0.3) is 0 Å². The molecule has 0 amide bonds. The van der Waals surface area contributed by atoms with Gasteiger partial charge in [-0.3, -0.25) is 0 Å². The number of nitrogens with zero attached hydrogens (tertiary/aromatic N) is 3. The van der Waals surface area contributed by atoms with Gasteiger partial charge in [0.1, 0.15) is 10.4 Å². The van der Waals surface area contributed by atoms with E-state index in [1.165, 1.54) is 0 Å². The maximum atomic E-state index is 12.1. The van der Waals surface area contributed by atoms with Gasteiger partial charge in [0.25, 0.3) is 0 Å². The average molecular weight is 298 g/mol. The molecule has 1 aromatic rings. The zero-order chi connectivity index (χ0) is 15.4. The maximum absolute atomic E-state index is 12.1. The molecule has 0 bridgehead atoms. The Morgan fingerprint density at radius 1 is 1.45 bits per heavy atom. The summed E-state index contributed by atoms with van der Waals surface area (Å²) in [5, 5.41) is 19.6. The van der Waals surface area contributed by atoms with Gasteiger partial charge in [-0.2, -0.15) is 9.98 Å². The lowest BCUT2D eigenvalue weighted by Crippen LogP contribution is -2.46. The van der Waals surface area contributed by atoms with Gasteiger partial charge in [0.2, 0.25) is 10.0 Å². The second-order valence-corrected chi connectivity index (χ2v) is 5.80. The summed E-state index contributed by atoms with van der Waals surface area (Å²) < 4.78 is 26.6. The summed E-state index contributed by atoms with van der Waals surface area (Å²) in [5.41, 5.74) is -1.19. The van der Waals surface area contributed by atoms with Gasteiger partial charge in [0.15, 0.2) is 6.20 Å². The van der Waals surface area contributed by atoms with Gasteiger partial charge in [-0.05, 0) is 28.8 Å². The molecule has 9 heteroatoms. The van der Waals surface area contributed by atoms with E-state index in [0.717, 1.165) is 18.3 Å². The van der Waals surface area contributed by atoms with Crippen LogP contribution in [0.15, 0.2) is 23.2 Å². The molecule has 0 aliphatic carbocycles. The van der Waals surface area contributed by atoms with Crippen molar-refractivity contribution in [3.63, 3.8) is 0 Å². The van der Waals surface area contributed by atoms with E-state index in [1.807, 2.05) is 6.07 Å². The van der Waals surface area contributed by atoms with Crippen LogP contribution in [0.5, 0.6) is 0 Å². The van der Waals surface area contributed by atoms with E-state index < -0.39 is 26.3 Å². The van der Waals surface area contributed by atoms with Crippen LogP contribution < -0.4 is 4.72 Å². The number of sulfonamides is 1. The first kappa shape index (κ1) is 16.0. The Morgan fingerprint density at radius 3 is 2.40 bits per heavy atom. The molecule has 1 N–H and O–H groups in total. The summed E-state index contributed by atoms with van der Waals surface area (Å²) in [6.07, 6.45) is 1.51. The molecule has 0 aliphatic heterocycles. The van der Waals surface area contributed by atoms with E-state index in [0.29, 0.717) is 12.8 Å². The van der Waals surface area contributed by atoms with Gasteiger partial charge >= 0.3 is 5.82 Å². The van der Waals surface area contributed by atoms with Gasteiger partial charge in [0, 0.05) is 6.07 Å². The third-order valence-electron chi connectivity index (χ3n) is 2.97. The van der Waals surface area contributed by atoms with Crippen molar-refractivity contribution < 1.29 is 13.3 Å². The molecule has 0 spiro atoms. The van der Waals surface area contributed by atoms with E-state index in [9.17, 15) is 18.5 Å². The Bertz CT molecular complexity index is 629. The first-order valence-electron chi connectivity index (χ1n) is 5.86. The highest BCUT2D eigenvalue weighted by molar-refractivity contribution is 7.89. The molecule has 1 rings (SSSR count). The maximum Gasteiger partial charge on any atom is 0.363 e. The number of pyridine rings is 1. The van der Waals surface area contributed by atoms with Crippen molar-refractivity contribution in [2.24, 2.45) is 0 Å². The molecule has 0 saturated heterocycles. The Kier molecular flexibility index (Phi) is 4.75. The second-order valence-electron chi connectivity index (χ2n) is 4.12. The monoisotopic (exact) mass is 298 g/mol. The number of aromatic nitrogens is 1. The van der Waals surface area contributed by atoms with Crippen molar-refractivity contribution in [3.8, 4) is 6.07 Å². The standard InChI is InChI=1S/C11H14N4O4S/c1-3-11(4-2,8-12)14-20(18,19)9-5-6-10(13-7-9)15(16)17/h5-7,14H,3-4H2,1-2H3. The van der Waals surface area contributed by atoms with Crippen LogP contribution in [0.1, 0.15) is 26.7 Å². The van der Waals surface area contributed by atoms with Gasteiger partial charge in [-0.1, -0.05) is 13.8 Å². The fourth-order valence-electron chi connectivity index (χ4n) is 1.53. The van der Waals surface area contributed by atoms with E-state index in [4.69, 9.17) is 5.26 Å². The number of nitriles is 1. The van der Waals surface area contributed by atoms with Crippen LogP contribution in [0.3, 0.4) is 0 Å². The summed E-state index contributed by atoms with van der Waals surface area (Å²) in [6.45, 7) is 3.40. The average Bonchev–Trinajstić information content (AvgIpc) is 2.45.